The number of rotatable bonds is 5. The van der Waals surface area contributed by atoms with Crippen LogP contribution in [-0.4, -0.2) is 68.2 Å². The predicted octanol–water partition coefficient (Wildman–Crippen LogP) is 1.72. The first-order chi connectivity index (χ1) is 14.0. The number of nitrogens with one attached hydrogen (secondary N) is 1. The van der Waals surface area contributed by atoms with E-state index in [-0.39, 0.29) is 25.2 Å². The molecule has 1 N–H and O–H groups in total. The average Bonchev–Trinajstić information content (AvgIpc) is 3.35. The molecule has 2 aliphatic rings. The fourth-order valence-corrected chi connectivity index (χ4v) is 3.40. The van der Waals surface area contributed by atoms with Gasteiger partial charge in [-0.15, -0.1) is 0 Å². The number of ether oxygens (including phenoxy) is 3. The van der Waals surface area contributed by atoms with E-state index in [0.29, 0.717) is 60.6 Å². The highest BCUT2D eigenvalue weighted by atomic mass is 16.7. The van der Waals surface area contributed by atoms with Gasteiger partial charge < -0.3 is 28.8 Å². The predicted molar refractivity (Wildman–Crippen MR) is 104 cm³/mol. The number of fused-ring (bicyclic) bond motifs is 1. The van der Waals surface area contributed by atoms with E-state index < -0.39 is 0 Å². The Kier molecular flexibility index (Phi) is 5.30. The van der Waals surface area contributed by atoms with Crippen molar-refractivity contribution in [2.75, 3.05) is 51.9 Å². The van der Waals surface area contributed by atoms with Gasteiger partial charge in [-0.3, -0.25) is 14.5 Å². The number of aryl methyl sites for hydroxylation is 1. The molecule has 1 aromatic carbocycles. The topological polar surface area (TPSA) is 93.5 Å². The van der Waals surface area contributed by atoms with Crippen molar-refractivity contribution in [2.45, 2.75) is 6.92 Å². The molecule has 1 aromatic heterocycles. The number of benzene rings is 1. The number of amides is 2. The third-order valence-electron chi connectivity index (χ3n) is 4.95. The minimum Gasteiger partial charge on any atom is -0.494 e. The lowest BCUT2D eigenvalue weighted by Gasteiger charge is -2.33. The fourth-order valence-electron chi connectivity index (χ4n) is 3.40. The molecule has 29 heavy (non-hydrogen) atoms. The number of methoxy groups -OCH3 is 1. The van der Waals surface area contributed by atoms with Gasteiger partial charge in [0, 0.05) is 38.3 Å². The van der Waals surface area contributed by atoms with Gasteiger partial charge in [0.05, 0.1) is 19.3 Å². The summed E-state index contributed by atoms with van der Waals surface area (Å²) in [5, 5.41) is 2.86. The van der Waals surface area contributed by atoms with E-state index in [1.807, 2.05) is 11.8 Å². The molecular weight excluding hydrogens is 378 g/mol. The molecule has 1 fully saturated rings. The van der Waals surface area contributed by atoms with E-state index in [2.05, 4.69) is 5.32 Å². The van der Waals surface area contributed by atoms with Gasteiger partial charge >= 0.3 is 0 Å². The van der Waals surface area contributed by atoms with Gasteiger partial charge in [-0.1, -0.05) is 0 Å². The van der Waals surface area contributed by atoms with Gasteiger partial charge in [-0.2, -0.15) is 0 Å². The van der Waals surface area contributed by atoms with Crippen LogP contribution >= 0.6 is 0 Å². The maximum absolute atomic E-state index is 12.5. The van der Waals surface area contributed by atoms with Crippen molar-refractivity contribution in [1.29, 1.82) is 0 Å². The van der Waals surface area contributed by atoms with Gasteiger partial charge in [-0.05, 0) is 19.1 Å². The molecule has 0 unspecified atom stereocenters. The Morgan fingerprint density at radius 2 is 1.83 bits per heavy atom. The van der Waals surface area contributed by atoms with Crippen LogP contribution in [0.25, 0.3) is 0 Å². The summed E-state index contributed by atoms with van der Waals surface area (Å²) in [4.78, 5) is 28.7. The summed E-state index contributed by atoms with van der Waals surface area (Å²) in [5.74, 6) is 2.45. The molecule has 9 nitrogen and oxygen atoms in total. The zero-order chi connectivity index (χ0) is 20.4. The molecular formula is C20H23N3O6. The SMILES string of the molecule is COc1cc2c(cc1NC(=O)CN1CCN(C(=O)c3ccc(C)o3)CC1)OCO2. The Hall–Kier alpha value is -3.20. The van der Waals surface area contributed by atoms with E-state index in [0.717, 1.165) is 0 Å². The molecule has 0 aliphatic carbocycles. The second kappa shape index (κ2) is 8.04. The molecule has 2 aliphatic heterocycles. The van der Waals surface area contributed by atoms with Crippen LogP contribution in [0.5, 0.6) is 17.2 Å². The average molecular weight is 401 g/mol. The van der Waals surface area contributed by atoms with Gasteiger partial charge in [0.15, 0.2) is 17.3 Å². The third kappa shape index (κ3) is 4.14. The second-order valence-electron chi connectivity index (χ2n) is 6.93. The van der Waals surface area contributed by atoms with Crippen LogP contribution in [0.3, 0.4) is 0 Å². The van der Waals surface area contributed by atoms with E-state index >= 15 is 0 Å². The Labute approximate surface area is 168 Å². The maximum atomic E-state index is 12.5. The van der Waals surface area contributed by atoms with Crippen LogP contribution in [0.1, 0.15) is 16.3 Å². The lowest BCUT2D eigenvalue weighted by molar-refractivity contribution is -0.117. The molecule has 154 valence electrons. The molecule has 9 heteroatoms. The number of carbonyl (C=O) groups is 2. The molecule has 0 radical (unpaired) electrons. The Morgan fingerprint density at radius 1 is 1.10 bits per heavy atom. The molecule has 0 spiro atoms. The highest BCUT2D eigenvalue weighted by Crippen LogP contribution is 2.40. The number of carbonyl (C=O) groups excluding carboxylic acids is 2. The summed E-state index contributed by atoms with van der Waals surface area (Å²) in [5.41, 5.74) is 0.531. The van der Waals surface area contributed by atoms with Crippen molar-refractivity contribution < 1.29 is 28.2 Å². The van der Waals surface area contributed by atoms with Gasteiger partial charge in [-0.25, -0.2) is 0 Å². The van der Waals surface area contributed by atoms with Gasteiger partial charge in [0.25, 0.3) is 5.91 Å². The first-order valence-electron chi connectivity index (χ1n) is 9.39. The van der Waals surface area contributed by atoms with Crippen LogP contribution in [-0.2, 0) is 4.79 Å². The van der Waals surface area contributed by atoms with Crippen LogP contribution in [0.15, 0.2) is 28.7 Å². The Balaban J connectivity index is 1.31. The van der Waals surface area contributed by atoms with E-state index in [1.165, 1.54) is 7.11 Å². The minimum absolute atomic E-state index is 0.118. The van der Waals surface area contributed by atoms with E-state index in [9.17, 15) is 9.59 Å². The zero-order valence-electron chi connectivity index (χ0n) is 16.4. The first-order valence-corrected chi connectivity index (χ1v) is 9.39. The molecule has 0 bridgehead atoms. The van der Waals surface area contributed by atoms with Crippen molar-refractivity contribution in [3.05, 3.63) is 35.8 Å². The van der Waals surface area contributed by atoms with Gasteiger partial charge in [0.1, 0.15) is 11.5 Å². The number of furan rings is 1. The van der Waals surface area contributed by atoms with Gasteiger partial charge in [0.2, 0.25) is 12.7 Å². The zero-order valence-corrected chi connectivity index (χ0v) is 16.4. The van der Waals surface area contributed by atoms with E-state index in [4.69, 9.17) is 18.6 Å². The van der Waals surface area contributed by atoms with Crippen LogP contribution in [0, 0.1) is 6.92 Å². The lowest BCUT2D eigenvalue weighted by Crippen LogP contribution is -2.50. The summed E-state index contributed by atoms with van der Waals surface area (Å²) in [6, 6.07) is 6.86. The fraction of sp³-hybridized carbons (Fsp3) is 0.400. The van der Waals surface area contributed by atoms with Crippen LogP contribution < -0.4 is 19.5 Å². The number of hydrogen-bond acceptors (Lipinski definition) is 7. The molecule has 1 saturated heterocycles. The summed E-state index contributed by atoms with van der Waals surface area (Å²) in [6.07, 6.45) is 0. The first kappa shape index (κ1) is 19.1. The van der Waals surface area contributed by atoms with Crippen molar-refractivity contribution in [2.24, 2.45) is 0 Å². The highest BCUT2D eigenvalue weighted by molar-refractivity contribution is 5.94. The molecule has 2 aromatic rings. The summed E-state index contributed by atoms with van der Waals surface area (Å²) in [7, 11) is 1.53. The largest absolute Gasteiger partial charge is 0.494 e. The number of nitrogens with zero attached hydrogens (tertiary/aromatic N) is 2. The van der Waals surface area contributed by atoms with Crippen LogP contribution in [0.4, 0.5) is 5.69 Å². The van der Waals surface area contributed by atoms with Crippen LogP contribution in [0.2, 0.25) is 0 Å². The second-order valence-corrected chi connectivity index (χ2v) is 6.93. The smallest absolute Gasteiger partial charge is 0.289 e. The Morgan fingerprint density at radius 3 is 2.48 bits per heavy atom. The van der Waals surface area contributed by atoms with Crippen molar-refractivity contribution >= 4 is 17.5 Å². The Bertz CT molecular complexity index is 917. The molecule has 0 atom stereocenters. The van der Waals surface area contributed by atoms with Crippen molar-refractivity contribution in [3.8, 4) is 17.2 Å². The third-order valence-corrected chi connectivity index (χ3v) is 4.95. The standard InChI is InChI=1S/C20H23N3O6/c1-13-3-4-15(29-13)20(25)23-7-5-22(6-8-23)11-19(24)21-14-9-17-18(28-12-27-17)10-16(14)26-2/h3-4,9-10H,5-8,11-12H2,1-2H3,(H,21,24). The summed E-state index contributed by atoms with van der Waals surface area (Å²) >= 11 is 0. The van der Waals surface area contributed by atoms with Crippen molar-refractivity contribution in [1.82, 2.24) is 9.80 Å². The van der Waals surface area contributed by atoms with E-state index in [1.54, 1.807) is 29.2 Å². The number of piperazine rings is 1. The number of anilines is 1. The monoisotopic (exact) mass is 401 g/mol. The molecule has 4 rings (SSSR count). The molecule has 0 saturated carbocycles. The van der Waals surface area contributed by atoms with Crippen molar-refractivity contribution in [3.63, 3.8) is 0 Å². The molecule has 2 amide bonds. The normalized spacial score (nSPS) is 16.0. The quantitative estimate of drug-likeness (QED) is 0.815. The molecule has 3 heterocycles. The maximum Gasteiger partial charge on any atom is 0.289 e. The minimum atomic E-state index is -0.163. The lowest BCUT2D eigenvalue weighted by atomic mass is 10.2. The summed E-state index contributed by atoms with van der Waals surface area (Å²) in [6.45, 7) is 4.48. The highest BCUT2D eigenvalue weighted by Gasteiger charge is 2.25. The summed E-state index contributed by atoms with van der Waals surface area (Å²) < 4.78 is 21.4. The number of hydrogen-bond donors (Lipinski definition) is 1.